The lowest BCUT2D eigenvalue weighted by molar-refractivity contribution is 0.305. The van der Waals surface area contributed by atoms with Gasteiger partial charge >= 0.3 is 0 Å². The molecule has 1 aromatic carbocycles. The first-order valence-electron chi connectivity index (χ1n) is 5.48. The minimum Gasteiger partial charge on any atom is -0.484 e. The Balaban J connectivity index is 2.12. The summed E-state index contributed by atoms with van der Waals surface area (Å²) in [5, 5.41) is 0.989. The molecule has 2 rings (SSSR count). The van der Waals surface area contributed by atoms with E-state index in [1.54, 1.807) is 11.3 Å². The highest BCUT2D eigenvalue weighted by Crippen LogP contribution is 2.27. The molecule has 0 fully saturated rings. The number of rotatable bonds is 3. The largest absolute Gasteiger partial charge is 0.484 e. The molecule has 90 valence electrons. The number of ether oxygens (including phenoxy) is 1. The van der Waals surface area contributed by atoms with Crippen molar-refractivity contribution in [2.45, 2.75) is 27.4 Å². The molecule has 0 atom stereocenters. The minimum absolute atomic E-state index is 0.481. The molecule has 1 aromatic heterocycles. The average Bonchev–Trinajstić information content (AvgIpc) is 2.58. The van der Waals surface area contributed by atoms with Gasteiger partial charge in [0.2, 0.25) is 0 Å². The number of anilines is 1. The Morgan fingerprint density at radius 1 is 1.29 bits per heavy atom. The van der Waals surface area contributed by atoms with Gasteiger partial charge in [-0.2, -0.15) is 0 Å². The summed E-state index contributed by atoms with van der Waals surface area (Å²) in [4.78, 5) is 5.67. The van der Waals surface area contributed by atoms with Crippen LogP contribution in [0.4, 0.5) is 5.69 Å². The fraction of sp³-hybridized carbons (Fsp3) is 0.308. The van der Waals surface area contributed by atoms with Gasteiger partial charge in [-0.1, -0.05) is 12.1 Å². The van der Waals surface area contributed by atoms with Crippen LogP contribution in [0.2, 0.25) is 0 Å². The molecule has 0 spiro atoms. The third-order valence-corrected chi connectivity index (χ3v) is 3.70. The second-order valence-corrected chi connectivity index (χ2v) is 5.32. The summed E-state index contributed by atoms with van der Waals surface area (Å²) in [6, 6.07) is 5.76. The average molecular weight is 248 g/mol. The van der Waals surface area contributed by atoms with Crippen LogP contribution in [0.3, 0.4) is 0 Å². The van der Waals surface area contributed by atoms with Gasteiger partial charge in [0.15, 0.2) is 0 Å². The van der Waals surface area contributed by atoms with Gasteiger partial charge in [0.05, 0.1) is 11.4 Å². The SMILES string of the molecule is Cc1cccc(N)c1OCc1nc(C)c(C)s1. The summed E-state index contributed by atoms with van der Waals surface area (Å²) >= 11 is 1.67. The van der Waals surface area contributed by atoms with E-state index in [0.717, 1.165) is 22.0 Å². The lowest BCUT2D eigenvalue weighted by atomic mass is 10.2. The van der Waals surface area contributed by atoms with E-state index in [1.165, 1.54) is 4.88 Å². The van der Waals surface area contributed by atoms with Crippen molar-refractivity contribution in [1.29, 1.82) is 0 Å². The lowest BCUT2D eigenvalue weighted by Gasteiger charge is -2.09. The smallest absolute Gasteiger partial charge is 0.145 e. The summed E-state index contributed by atoms with van der Waals surface area (Å²) in [6.45, 7) is 6.55. The van der Waals surface area contributed by atoms with Gasteiger partial charge < -0.3 is 10.5 Å². The van der Waals surface area contributed by atoms with Crippen molar-refractivity contribution >= 4 is 17.0 Å². The fourth-order valence-corrected chi connectivity index (χ4v) is 2.45. The molecule has 0 saturated heterocycles. The lowest BCUT2D eigenvalue weighted by Crippen LogP contribution is -2.00. The van der Waals surface area contributed by atoms with Crippen LogP contribution < -0.4 is 10.5 Å². The van der Waals surface area contributed by atoms with E-state index in [1.807, 2.05) is 32.0 Å². The van der Waals surface area contributed by atoms with Crippen molar-refractivity contribution in [3.05, 3.63) is 39.3 Å². The van der Waals surface area contributed by atoms with E-state index in [4.69, 9.17) is 10.5 Å². The molecular formula is C13H16N2OS. The van der Waals surface area contributed by atoms with Gasteiger partial charge in [-0.3, -0.25) is 0 Å². The number of aromatic nitrogens is 1. The standard InChI is InChI=1S/C13H16N2OS/c1-8-5-4-6-11(14)13(8)16-7-12-15-9(2)10(3)17-12/h4-6H,7,14H2,1-3H3. The normalized spacial score (nSPS) is 10.5. The van der Waals surface area contributed by atoms with E-state index in [9.17, 15) is 0 Å². The molecule has 0 radical (unpaired) electrons. The molecular weight excluding hydrogens is 232 g/mol. The zero-order valence-corrected chi connectivity index (χ0v) is 11.1. The van der Waals surface area contributed by atoms with Crippen molar-refractivity contribution in [3.63, 3.8) is 0 Å². The molecule has 0 amide bonds. The first kappa shape index (κ1) is 11.9. The van der Waals surface area contributed by atoms with Crippen LogP contribution in [-0.2, 0) is 6.61 Å². The number of nitrogens with zero attached hydrogens (tertiary/aromatic N) is 1. The highest BCUT2D eigenvalue weighted by Gasteiger charge is 2.07. The number of hydrogen-bond acceptors (Lipinski definition) is 4. The Bertz CT molecular complexity index is 494. The number of para-hydroxylation sites is 1. The Labute approximate surface area is 105 Å². The van der Waals surface area contributed by atoms with E-state index in [0.29, 0.717) is 12.3 Å². The van der Waals surface area contributed by atoms with Crippen molar-refractivity contribution in [2.75, 3.05) is 5.73 Å². The highest BCUT2D eigenvalue weighted by atomic mass is 32.1. The van der Waals surface area contributed by atoms with Crippen molar-refractivity contribution in [1.82, 2.24) is 4.98 Å². The fourth-order valence-electron chi connectivity index (χ4n) is 1.61. The number of thiazole rings is 1. The van der Waals surface area contributed by atoms with Crippen LogP contribution in [0.25, 0.3) is 0 Å². The summed E-state index contributed by atoms with van der Waals surface area (Å²) in [5.41, 5.74) is 8.68. The van der Waals surface area contributed by atoms with E-state index < -0.39 is 0 Å². The Morgan fingerprint density at radius 3 is 2.65 bits per heavy atom. The summed E-state index contributed by atoms with van der Waals surface area (Å²) in [6.07, 6.45) is 0. The van der Waals surface area contributed by atoms with Crippen LogP contribution in [0.5, 0.6) is 5.75 Å². The van der Waals surface area contributed by atoms with Crippen LogP contribution in [0.15, 0.2) is 18.2 Å². The summed E-state index contributed by atoms with van der Waals surface area (Å²) in [5.74, 6) is 0.762. The first-order chi connectivity index (χ1) is 8.08. The number of benzene rings is 1. The molecule has 0 aliphatic carbocycles. The molecule has 0 bridgehead atoms. The zero-order valence-electron chi connectivity index (χ0n) is 10.3. The van der Waals surface area contributed by atoms with Gasteiger partial charge in [0.25, 0.3) is 0 Å². The number of aryl methyl sites for hydroxylation is 3. The molecule has 2 aromatic rings. The third-order valence-electron chi connectivity index (χ3n) is 2.66. The van der Waals surface area contributed by atoms with Crippen LogP contribution in [0.1, 0.15) is 21.1 Å². The predicted molar refractivity (Wildman–Crippen MR) is 71.5 cm³/mol. The topological polar surface area (TPSA) is 48.1 Å². The van der Waals surface area contributed by atoms with Crippen LogP contribution >= 0.6 is 11.3 Å². The highest BCUT2D eigenvalue weighted by molar-refractivity contribution is 7.11. The molecule has 17 heavy (non-hydrogen) atoms. The quantitative estimate of drug-likeness (QED) is 0.848. The van der Waals surface area contributed by atoms with Gasteiger partial charge in [0, 0.05) is 4.88 Å². The molecule has 0 aliphatic rings. The maximum atomic E-state index is 5.88. The molecule has 0 saturated carbocycles. The third kappa shape index (κ3) is 2.58. The van der Waals surface area contributed by atoms with E-state index in [-0.39, 0.29) is 0 Å². The summed E-state index contributed by atoms with van der Waals surface area (Å²) < 4.78 is 5.74. The maximum absolute atomic E-state index is 5.88. The Morgan fingerprint density at radius 2 is 2.06 bits per heavy atom. The zero-order chi connectivity index (χ0) is 12.4. The predicted octanol–water partition coefficient (Wildman–Crippen LogP) is 3.23. The Hall–Kier alpha value is -1.55. The molecule has 2 N–H and O–H groups in total. The second kappa shape index (κ2) is 4.75. The van der Waals surface area contributed by atoms with Gasteiger partial charge in [-0.25, -0.2) is 4.98 Å². The monoisotopic (exact) mass is 248 g/mol. The van der Waals surface area contributed by atoms with Crippen LogP contribution in [0, 0.1) is 20.8 Å². The van der Waals surface area contributed by atoms with Gasteiger partial charge in [-0.15, -0.1) is 11.3 Å². The molecule has 4 heteroatoms. The Kier molecular flexibility index (Phi) is 3.33. The van der Waals surface area contributed by atoms with Crippen LogP contribution in [-0.4, -0.2) is 4.98 Å². The summed E-state index contributed by atoms with van der Waals surface area (Å²) in [7, 11) is 0. The number of hydrogen-bond donors (Lipinski definition) is 1. The van der Waals surface area contributed by atoms with E-state index >= 15 is 0 Å². The van der Waals surface area contributed by atoms with Crippen molar-refractivity contribution in [3.8, 4) is 5.75 Å². The maximum Gasteiger partial charge on any atom is 0.145 e. The molecule has 3 nitrogen and oxygen atoms in total. The second-order valence-electron chi connectivity index (χ2n) is 4.03. The molecule has 1 heterocycles. The number of nitrogens with two attached hydrogens (primary N) is 1. The van der Waals surface area contributed by atoms with Crippen molar-refractivity contribution in [2.24, 2.45) is 0 Å². The minimum atomic E-state index is 0.481. The van der Waals surface area contributed by atoms with Gasteiger partial charge in [-0.05, 0) is 32.4 Å². The van der Waals surface area contributed by atoms with E-state index in [2.05, 4.69) is 11.9 Å². The molecule has 0 unspecified atom stereocenters. The van der Waals surface area contributed by atoms with Crippen molar-refractivity contribution < 1.29 is 4.74 Å². The molecule has 0 aliphatic heterocycles. The number of nitrogen functional groups attached to an aromatic ring is 1. The van der Waals surface area contributed by atoms with Gasteiger partial charge in [0.1, 0.15) is 17.4 Å². The first-order valence-corrected chi connectivity index (χ1v) is 6.30.